The van der Waals surface area contributed by atoms with Crippen molar-refractivity contribution >= 4 is 23.6 Å². The van der Waals surface area contributed by atoms with Gasteiger partial charge in [-0.05, 0) is 24.9 Å². The summed E-state index contributed by atoms with van der Waals surface area (Å²) in [5.41, 5.74) is 0. The quantitative estimate of drug-likeness (QED) is 0.408. The maximum Gasteiger partial charge on any atom is 0.396 e. The summed E-state index contributed by atoms with van der Waals surface area (Å²) in [4.78, 5) is 21.5. The number of ether oxygens (including phenoxy) is 1. The zero-order valence-corrected chi connectivity index (χ0v) is 9.49. The first-order valence-electron chi connectivity index (χ1n) is 4.57. The number of hydrogen-bond acceptors (Lipinski definition) is 4. The molecule has 0 heterocycles. The summed E-state index contributed by atoms with van der Waals surface area (Å²) in [6.07, 6.45) is 5.19. The fraction of sp³-hybridized carbons (Fsp3) is 0.778. The smallest absolute Gasteiger partial charge is 0.396 e. The lowest BCUT2D eigenvalue weighted by Crippen LogP contribution is -2.32. The van der Waals surface area contributed by atoms with Crippen molar-refractivity contribution in [3.05, 3.63) is 0 Å². The number of thioether (sulfide) groups is 1. The van der Waals surface area contributed by atoms with Crippen LogP contribution < -0.4 is 5.32 Å². The molecular weight excluding hydrogens is 202 g/mol. The third-order valence-electron chi connectivity index (χ3n) is 1.68. The maximum atomic E-state index is 10.9. The van der Waals surface area contributed by atoms with Gasteiger partial charge in [0, 0.05) is 6.54 Å². The van der Waals surface area contributed by atoms with Crippen LogP contribution in [0.15, 0.2) is 0 Å². The summed E-state index contributed by atoms with van der Waals surface area (Å²) in [5.74, 6) is -0.336. The van der Waals surface area contributed by atoms with Crippen LogP contribution in [-0.2, 0) is 14.3 Å². The highest BCUT2D eigenvalue weighted by Crippen LogP contribution is 2.01. The number of hydrogen-bond donors (Lipinski definition) is 1. The van der Waals surface area contributed by atoms with Crippen LogP contribution in [0.3, 0.4) is 0 Å². The molecule has 5 heteroatoms. The van der Waals surface area contributed by atoms with E-state index in [2.05, 4.69) is 16.3 Å². The van der Waals surface area contributed by atoms with E-state index in [1.165, 1.54) is 7.11 Å². The summed E-state index contributed by atoms with van der Waals surface area (Å²) >= 11 is 1.81. The van der Waals surface area contributed by atoms with E-state index >= 15 is 0 Å². The number of carbonyl (C=O) groups excluding carboxylic acids is 2. The highest BCUT2D eigenvalue weighted by Gasteiger charge is 2.11. The molecule has 0 saturated heterocycles. The van der Waals surface area contributed by atoms with Gasteiger partial charge in [0.25, 0.3) is 0 Å². The van der Waals surface area contributed by atoms with Crippen LogP contribution in [-0.4, -0.2) is 37.5 Å². The second-order valence-corrected chi connectivity index (χ2v) is 3.79. The number of rotatable bonds is 6. The van der Waals surface area contributed by atoms with E-state index in [1.54, 1.807) is 0 Å². The molecule has 0 aromatic rings. The lowest BCUT2D eigenvalue weighted by atomic mass is 10.2. The van der Waals surface area contributed by atoms with E-state index in [4.69, 9.17) is 0 Å². The molecule has 0 atom stereocenters. The fourth-order valence-corrected chi connectivity index (χ4v) is 1.41. The summed E-state index contributed by atoms with van der Waals surface area (Å²) in [5, 5.41) is 2.49. The molecule has 14 heavy (non-hydrogen) atoms. The average Bonchev–Trinajstić information content (AvgIpc) is 2.21. The van der Waals surface area contributed by atoms with E-state index < -0.39 is 11.9 Å². The summed E-state index contributed by atoms with van der Waals surface area (Å²) < 4.78 is 4.25. The predicted molar refractivity (Wildman–Crippen MR) is 57.3 cm³/mol. The van der Waals surface area contributed by atoms with Crippen molar-refractivity contribution in [2.45, 2.75) is 19.3 Å². The molecule has 1 amide bonds. The molecule has 0 bridgehead atoms. The van der Waals surface area contributed by atoms with Crippen LogP contribution in [0.2, 0.25) is 0 Å². The Kier molecular flexibility index (Phi) is 8.42. The van der Waals surface area contributed by atoms with Gasteiger partial charge in [-0.15, -0.1) is 0 Å². The lowest BCUT2D eigenvalue weighted by Gasteiger charge is -2.02. The highest BCUT2D eigenvalue weighted by molar-refractivity contribution is 7.98. The molecule has 0 aromatic carbocycles. The van der Waals surface area contributed by atoms with Crippen molar-refractivity contribution in [3.8, 4) is 0 Å². The Hall–Kier alpha value is -0.710. The summed E-state index contributed by atoms with van der Waals surface area (Å²) in [6, 6.07) is 0. The van der Waals surface area contributed by atoms with Crippen LogP contribution >= 0.6 is 11.8 Å². The molecule has 0 aliphatic heterocycles. The summed E-state index contributed by atoms with van der Waals surface area (Å²) in [7, 11) is 1.19. The van der Waals surface area contributed by atoms with Crippen molar-refractivity contribution in [1.29, 1.82) is 0 Å². The van der Waals surface area contributed by atoms with Gasteiger partial charge < -0.3 is 10.1 Å². The normalized spacial score (nSPS) is 9.57. The monoisotopic (exact) mass is 219 g/mol. The van der Waals surface area contributed by atoms with Crippen LogP contribution in [0.4, 0.5) is 0 Å². The van der Waals surface area contributed by atoms with E-state index in [0.717, 1.165) is 25.0 Å². The minimum absolute atomic E-state index is 0.544. The Morgan fingerprint density at radius 2 is 2.00 bits per heavy atom. The van der Waals surface area contributed by atoms with Gasteiger partial charge in [-0.1, -0.05) is 6.42 Å². The fourth-order valence-electron chi connectivity index (χ4n) is 0.915. The van der Waals surface area contributed by atoms with Crippen molar-refractivity contribution in [2.24, 2.45) is 0 Å². The molecule has 0 spiro atoms. The average molecular weight is 219 g/mol. The molecule has 0 unspecified atom stereocenters. The van der Waals surface area contributed by atoms with Crippen LogP contribution in [0, 0.1) is 0 Å². The SMILES string of the molecule is COC(=O)C(=O)NCCCCCSC. The Morgan fingerprint density at radius 1 is 1.29 bits per heavy atom. The minimum Gasteiger partial charge on any atom is -0.462 e. The summed E-state index contributed by atoms with van der Waals surface area (Å²) in [6.45, 7) is 0.544. The van der Waals surface area contributed by atoms with E-state index in [-0.39, 0.29) is 0 Å². The molecule has 0 aliphatic carbocycles. The van der Waals surface area contributed by atoms with Crippen molar-refractivity contribution in [2.75, 3.05) is 25.7 Å². The molecule has 1 N–H and O–H groups in total. The van der Waals surface area contributed by atoms with Crippen molar-refractivity contribution < 1.29 is 14.3 Å². The van der Waals surface area contributed by atoms with Crippen LogP contribution in [0.1, 0.15) is 19.3 Å². The molecular formula is C9H17NO3S. The molecule has 4 nitrogen and oxygen atoms in total. The Morgan fingerprint density at radius 3 is 2.57 bits per heavy atom. The maximum absolute atomic E-state index is 10.9. The molecule has 0 rings (SSSR count). The number of amides is 1. The number of methoxy groups -OCH3 is 1. The first-order chi connectivity index (χ1) is 6.72. The molecule has 0 aliphatic rings. The predicted octanol–water partition coefficient (Wildman–Crippen LogP) is 0.809. The first kappa shape index (κ1) is 13.3. The van der Waals surface area contributed by atoms with Gasteiger partial charge in [0.1, 0.15) is 0 Å². The number of unbranched alkanes of at least 4 members (excludes halogenated alkanes) is 2. The molecule has 82 valence electrons. The number of esters is 1. The molecule has 0 radical (unpaired) electrons. The zero-order chi connectivity index (χ0) is 10.8. The highest BCUT2D eigenvalue weighted by atomic mass is 32.2. The van der Waals surface area contributed by atoms with E-state index in [1.807, 2.05) is 11.8 Å². The standard InChI is InChI=1S/C9H17NO3S/c1-13-9(12)8(11)10-6-4-3-5-7-14-2/h3-7H2,1-2H3,(H,10,11). The second-order valence-electron chi connectivity index (χ2n) is 2.80. The van der Waals surface area contributed by atoms with E-state index in [0.29, 0.717) is 6.54 Å². The van der Waals surface area contributed by atoms with Gasteiger partial charge in [0.2, 0.25) is 0 Å². The Bertz CT molecular complexity index is 185. The van der Waals surface area contributed by atoms with Gasteiger partial charge in [0.05, 0.1) is 7.11 Å². The van der Waals surface area contributed by atoms with Gasteiger partial charge in [0.15, 0.2) is 0 Å². The molecule has 0 saturated carbocycles. The lowest BCUT2D eigenvalue weighted by molar-refractivity contribution is -0.152. The van der Waals surface area contributed by atoms with Gasteiger partial charge in [-0.3, -0.25) is 4.79 Å². The second kappa shape index (κ2) is 8.87. The van der Waals surface area contributed by atoms with Gasteiger partial charge in [-0.25, -0.2) is 4.79 Å². The molecule has 0 fully saturated rings. The number of carbonyl (C=O) groups is 2. The Balaban J connectivity index is 3.27. The van der Waals surface area contributed by atoms with Crippen LogP contribution in [0.5, 0.6) is 0 Å². The first-order valence-corrected chi connectivity index (χ1v) is 5.96. The van der Waals surface area contributed by atoms with Gasteiger partial charge >= 0.3 is 11.9 Å². The topological polar surface area (TPSA) is 55.4 Å². The minimum atomic E-state index is -0.825. The molecule has 0 aromatic heterocycles. The van der Waals surface area contributed by atoms with Crippen LogP contribution in [0.25, 0.3) is 0 Å². The van der Waals surface area contributed by atoms with E-state index in [9.17, 15) is 9.59 Å². The number of nitrogens with one attached hydrogen (secondary N) is 1. The van der Waals surface area contributed by atoms with Crippen molar-refractivity contribution in [1.82, 2.24) is 5.32 Å². The third-order valence-corrected chi connectivity index (χ3v) is 2.38. The zero-order valence-electron chi connectivity index (χ0n) is 8.67. The third kappa shape index (κ3) is 6.77. The van der Waals surface area contributed by atoms with Gasteiger partial charge in [-0.2, -0.15) is 11.8 Å². The van der Waals surface area contributed by atoms with Crippen molar-refractivity contribution in [3.63, 3.8) is 0 Å². The Labute approximate surface area is 88.8 Å². The largest absolute Gasteiger partial charge is 0.462 e.